The van der Waals surface area contributed by atoms with Crippen LogP contribution in [-0.2, 0) is 27.8 Å². The molecule has 0 radical (unpaired) electrons. The van der Waals surface area contributed by atoms with Crippen LogP contribution in [0.2, 0.25) is 0 Å². The van der Waals surface area contributed by atoms with Crippen molar-refractivity contribution in [1.29, 1.82) is 0 Å². The van der Waals surface area contributed by atoms with E-state index in [-0.39, 0.29) is 22.3 Å². The summed E-state index contributed by atoms with van der Waals surface area (Å²) in [5.74, 6) is 1.57. The molecule has 0 N–H and O–H groups in total. The van der Waals surface area contributed by atoms with Crippen LogP contribution in [0.25, 0.3) is 6.08 Å². The van der Waals surface area contributed by atoms with E-state index in [1.54, 1.807) is 25.3 Å². The molecule has 4 rings (SSSR count). The van der Waals surface area contributed by atoms with Crippen LogP contribution < -0.4 is 13.8 Å². The number of carbonyl (C=O) groups is 1. The molecular formula is C26H28N2O6S. The van der Waals surface area contributed by atoms with Crippen molar-refractivity contribution in [2.75, 3.05) is 32.1 Å². The lowest BCUT2D eigenvalue weighted by atomic mass is 10.2. The number of hydrogen-bond donors (Lipinski definition) is 0. The third-order valence-corrected chi connectivity index (χ3v) is 7.68. The van der Waals surface area contributed by atoms with Crippen LogP contribution in [0.3, 0.4) is 0 Å². The average molecular weight is 497 g/mol. The quantitative estimate of drug-likeness (QED) is 0.438. The number of likely N-dealkylation sites (N-methyl/N-ethyl adjacent to an activating group) is 1. The number of nitrogens with zero attached hydrogens (tertiary/aromatic N) is 2. The van der Waals surface area contributed by atoms with Crippen LogP contribution in [-0.4, -0.2) is 47.0 Å². The Balaban J connectivity index is 1.65. The van der Waals surface area contributed by atoms with Crippen LogP contribution >= 0.6 is 0 Å². The van der Waals surface area contributed by atoms with Gasteiger partial charge in [-0.05, 0) is 60.9 Å². The smallest absolute Gasteiger partial charge is 0.268 e. The number of aryl methyl sites for hydroxylation is 1. The Kier molecular flexibility index (Phi) is 6.88. The number of hydrogen-bond acceptors (Lipinski definition) is 6. The van der Waals surface area contributed by atoms with E-state index >= 15 is 0 Å². The molecule has 0 atom stereocenters. The lowest BCUT2D eigenvalue weighted by Gasteiger charge is -2.22. The molecule has 3 aromatic rings. The van der Waals surface area contributed by atoms with Crippen LogP contribution in [0.15, 0.2) is 63.9 Å². The maximum atomic E-state index is 13.7. The molecule has 0 unspecified atom stereocenters. The fourth-order valence-electron chi connectivity index (χ4n) is 4.09. The predicted molar refractivity (Wildman–Crippen MR) is 133 cm³/mol. The Morgan fingerprint density at radius 2 is 1.91 bits per heavy atom. The van der Waals surface area contributed by atoms with E-state index in [9.17, 15) is 13.2 Å². The molecule has 0 spiro atoms. The molecule has 35 heavy (non-hydrogen) atoms. The SMILES string of the molecule is COc1cc(/C=C/C(=O)N(C)Cc2ccc(C)o2)cc(S(=O)(=O)N2CCc3ccccc32)c1OC. The highest BCUT2D eigenvalue weighted by atomic mass is 32.2. The second kappa shape index (κ2) is 9.87. The molecule has 1 aliphatic rings. The molecule has 2 aromatic carbocycles. The van der Waals surface area contributed by atoms with E-state index in [2.05, 4.69) is 0 Å². The maximum absolute atomic E-state index is 13.7. The topological polar surface area (TPSA) is 89.3 Å². The van der Waals surface area contributed by atoms with Crippen molar-refractivity contribution >= 4 is 27.7 Å². The zero-order chi connectivity index (χ0) is 25.2. The number of carbonyl (C=O) groups excluding carboxylic acids is 1. The number of anilines is 1. The number of fused-ring (bicyclic) bond motifs is 1. The van der Waals surface area contributed by atoms with Crippen molar-refractivity contribution in [3.63, 3.8) is 0 Å². The molecule has 0 saturated carbocycles. The van der Waals surface area contributed by atoms with Gasteiger partial charge in [-0.2, -0.15) is 0 Å². The zero-order valence-corrected chi connectivity index (χ0v) is 21.0. The molecule has 1 amide bonds. The normalized spacial score (nSPS) is 13.2. The summed E-state index contributed by atoms with van der Waals surface area (Å²) >= 11 is 0. The Labute approximate surface area is 205 Å². The lowest BCUT2D eigenvalue weighted by Crippen LogP contribution is -2.29. The number of methoxy groups -OCH3 is 2. The highest BCUT2D eigenvalue weighted by molar-refractivity contribution is 7.93. The first kappa shape index (κ1) is 24.4. The Hall–Kier alpha value is -3.72. The first-order chi connectivity index (χ1) is 16.7. The standard InChI is InChI=1S/C26H28N2O6S/c1-18-9-11-21(34-18)17-27(2)25(29)12-10-19-15-23(32-3)26(33-4)24(16-19)35(30,31)28-14-13-20-7-5-6-8-22(20)28/h5-12,15-16H,13-14,17H2,1-4H3/b12-10+. The highest BCUT2D eigenvalue weighted by Crippen LogP contribution is 2.40. The number of ether oxygens (including phenoxy) is 2. The van der Waals surface area contributed by atoms with Crippen molar-refractivity contribution in [2.45, 2.75) is 24.8 Å². The van der Waals surface area contributed by atoms with E-state index in [1.807, 2.05) is 37.3 Å². The number of furan rings is 1. The first-order valence-electron chi connectivity index (χ1n) is 11.1. The number of amides is 1. The third kappa shape index (κ3) is 4.90. The molecular weight excluding hydrogens is 468 g/mol. The van der Waals surface area contributed by atoms with Gasteiger partial charge in [0.2, 0.25) is 5.91 Å². The molecule has 0 aliphatic carbocycles. The molecule has 1 aliphatic heterocycles. The molecule has 8 nitrogen and oxygen atoms in total. The summed E-state index contributed by atoms with van der Waals surface area (Å²) in [7, 11) is 0.554. The van der Waals surface area contributed by atoms with Gasteiger partial charge in [-0.1, -0.05) is 18.2 Å². The summed E-state index contributed by atoms with van der Waals surface area (Å²) in [4.78, 5) is 14.1. The summed E-state index contributed by atoms with van der Waals surface area (Å²) in [6.45, 7) is 2.49. The molecule has 0 bridgehead atoms. The predicted octanol–water partition coefficient (Wildman–Crippen LogP) is 4.03. The number of para-hydroxylation sites is 1. The van der Waals surface area contributed by atoms with E-state index in [0.717, 1.165) is 11.3 Å². The minimum atomic E-state index is -3.96. The Morgan fingerprint density at radius 1 is 1.14 bits per heavy atom. The van der Waals surface area contributed by atoms with Gasteiger partial charge in [-0.3, -0.25) is 9.10 Å². The number of rotatable bonds is 8. The van der Waals surface area contributed by atoms with E-state index in [4.69, 9.17) is 13.9 Å². The molecule has 184 valence electrons. The van der Waals surface area contributed by atoms with Gasteiger partial charge in [0.25, 0.3) is 10.0 Å². The summed E-state index contributed by atoms with van der Waals surface area (Å²) in [6.07, 6.45) is 3.58. The molecule has 0 fully saturated rings. The van der Waals surface area contributed by atoms with Crippen LogP contribution in [0.1, 0.15) is 22.6 Å². The van der Waals surface area contributed by atoms with Gasteiger partial charge in [-0.25, -0.2) is 8.42 Å². The second-order valence-electron chi connectivity index (χ2n) is 8.25. The molecule has 0 saturated heterocycles. The van der Waals surface area contributed by atoms with Crippen LogP contribution in [0.5, 0.6) is 11.5 Å². The van der Waals surface area contributed by atoms with E-state index in [1.165, 1.54) is 35.6 Å². The first-order valence-corrected chi connectivity index (χ1v) is 12.5. The molecule has 2 heterocycles. The minimum absolute atomic E-state index is 0.0254. The number of sulfonamides is 1. The summed E-state index contributed by atoms with van der Waals surface area (Å²) in [6, 6.07) is 14.2. The minimum Gasteiger partial charge on any atom is -0.493 e. The summed E-state index contributed by atoms with van der Waals surface area (Å²) < 4.78 is 45.3. The van der Waals surface area contributed by atoms with E-state index < -0.39 is 10.0 Å². The fourth-order valence-corrected chi connectivity index (χ4v) is 5.80. The Morgan fingerprint density at radius 3 is 2.60 bits per heavy atom. The zero-order valence-electron chi connectivity index (χ0n) is 20.1. The highest BCUT2D eigenvalue weighted by Gasteiger charge is 2.34. The van der Waals surface area contributed by atoms with Gasteiger partial charge in [0, 0.05) is 19.7 Å². The lowest BCUT2D eigenvalue weighted by molar-refractivity contribution is -0.125. The largest absolute Gasteiger partial charge is 0.493 e. The van der Waals surface area contributed by atoms with Crippen molar-refractivity contribution in [3.8, 4) is 11.5 Å². The third-order valence-electron chi connectivity index (χ3n) is 5.86. The van der Waals surface area contributed by atoms with Gasteiger partial charge >= 0.3 is 0 Å². The summed E-state index contributed by atoms with van der Waals surface area (Å²) in [5, 5.41) is 0. The van der Waals surface area contributed by atoms with E-state index in [0.29, 0.717) is 36.5 Å². The van der Waals surface area contributed by atoms with Gasteiger partial charge in [0.15, 0.2) is 11.5 Å². The van der Waals surface area contributed by atoms with Gasteiger partial charge in [0.05, 0.1) is 26.5 Å². The fraction of sp³-hybridized carbons (Fsp3) is 0.269. The molecule has 1 aromatic heterocycles. The van der Waals surface area contributed by atoms with Crippen molar-refractivity contribution in [2.24, 2.45) is 0 Å². The molecule has 9 heteroatoms. The monoisotopic (exact) mass is 496 g/mol. The number of benzene rings is 2. The van der Waals surface area contributed by atoms with Crippen molar-refractivity contribution < 1.29 is 27.1 Å². The van der Waals surface area contributed by atoms with Crippen molar-refractivity contribution in [1.82, 2.24) is 4.90 Å². The van der Waals surface area contributed by atoms with Crippen molar-refractivity contribution in [3.05, 3.63) is 77.3 Å². The second-order valence-corrected chi connectivity index (χ2v) is 10.1. The van der Waals surface area contributed by atoms with Gasteiger partial charge < -0.3 is 18.8 Å². The van der Waals surface area contributed by atoms with Gasteiger partial charge in [-0.15, -0.1) is 0 Å². The maximum Gasteiger partial charge on any atom is 0.268 e. The Bertz CT molecular complexity index is 1380. The van der Waals surface area contributed by atoms with Crippen LogP contribution in [0, 0.1) is 6.92 Å². The van der Waals surface area contributed by atoms with Crippen LogP contribution in [0.4, 0.5) is 5.69 Å². The average Bonchev–Trinajstić information content (AvgIpc) is 3.47. The summed E-state index contributed by atoms with van der Waals surface area (Å²) in [5.41, 5.74) is 2.11. The van der Waals surface area contributed by atoms with Gasteiger partial charge in [0.1, 0.15) is 16.4 Å².